The van der Waals surface area contributed by atoms with E-state index in [1.165, 1.54) is 12.1 Å². The molecule has 0 bridgehead atoms. The zero-order valence-electron chi connectivity index (χ0n) is 11.9. The molecule has 1 heterocycles. The maximum atomic E-state index is 11.8. The number of morpholine rings is 1. The molecule has 0 aliphatic carbocycles. The summed E-state index contributed by atoms with van der Waals surface area (Å²) in [6, 6.07) is 4.58. The van der Waals surface area contributed by atoms with Crippen LogP contribution < -0.4 is 10.6 Å². The van der Waals surface area contributed by atoms with Crippen molar-refractivity contribution >= 4 is 40.7 Å². The Balaban J connectivity index is 1.75. The summed E-state index contributed by atoms with van der Waals surface area (Å²) in [4.78, 5) is 25.7. The molecule has 6 nitrogen and oxygen atoms in total. The first kappa shape index (κ1) is 17.0. The van der Waals surface area contributed by atoms with E-state index in [-0.39, 0.29) is 0 Å². The van der Waals surface area contributed by atoms with Gasteiger partial charge in [0.2, 0.25) is 0 Å². The van der Waals surface area contributed by atoms with Crippen molar-refractivity contribution in [3.63, 3.8) is 0 Å². The predicted octanol–water partition coefficient (Wildman–Crippen LogP) is 1.38. The first-order chi connectivity index (χ1) is 10.5. The summed E-state index contributed by atoms with van der Waals surface area (Å²) in [5.41, 5.74) is 0.380. The molecule has 0 atom stereocenters. The number of nitrogens with zero attached hydrogens (tertiary/aromatic N) is 1. The van der Waals surface area contributed by atoms with E-state index < -0.39 is 11.8 Å². The van der Waals surface area contributed by atoms with Crippen LogP contribution in [0.2, 0.25) is 10.0 Å². The Hall–Kier alpha value is -1.34. The van der Waals surface area contributed by atoms with Gasteiger partial charge in [-0.1, -0.05) is 23.2 Å². The molecule has 1 fully saturated rings. The van der Waals surface area contributed by atoms with Gasteiger partial charge >= 0.3 is 11.8 Å². The second-order valence-electron chi connectivity index (χ2n) is 4.82. The van der Waals surface area contributed by atoms with Crippen LogP contribution in [0, 0.1) is 0 Å². The van der Waals surface area contributed by atoms with Gasteiger partial charge in [-0.05, 0) is 18.2 Å². The molecule has 1 aromatic rings. The number of carbonyl (C=O) groups excluding carboxylic acids is 2. The Morgan fingerprint density at radius 2 is 1.73 bits per heavy atom. The van der Waals surface area contributed by atoms with Crippen LogP contribution in [0.4, 0.5) is 5.69 Å². The molecular weight excluding hydrogens is 329 g/mol. The first-order valence-electron chi connectivity index (χ1n) is 6.90. The second-order valence-corrected chi connectivity index (χ2v) is 5.70. The minimum Gasteiger partial charge on any atom is -0.379 e. The van der Waals surface area contributed by atoms with E-state index in [2.05, 4.69) is 15.5 Å². The third-order valence-electron chi connectivity index (χ3n) is 3.14. The largest absolute Gasteiger partial charge is 0.379 e. The molecule has 8 heteroatoms. The fraction of sp³-hybridized carbons (Fsp3) is 0.429. The molecule has 1 aliphatic heterocycles. The van der Waals surface area contributed by atoms with E-state index in [4.69, 9.17) is 27.9 Å². The van der Waals surface area contributed by atoms with Gasteiger partial charge in [0, 0.05) is 41.9 Å². The number of hydrogen-bond donors (Lipinski definition) is 2. The van der Waals surface area contributed by atoms with E-state index in [9.17, 15) is 9.59 Å². The molecule has 0 saturated carbocycles. The molecule has 120 valence electrons. The van der Waals surface area contributed by atoms with Crippen LogP contribution in [0.5, 0.6) is 0 Å². The zero-order valence-corrected chi connectivity index (χ0v) is 13.4. The lowest BCUT2D eigenvalue weighted by Crippen LogP contribution is -2.43. The molecule has 1 aromatic carbocycles. The van der Waals surface area contributed by atoms with Gasteiger partial charge in [-0.3, -0.25) is 14.5 Å². The number of ether oxygens (including phenoxy) is 1. The summed E-state index contributed by atoms with van der Waals surface area (Å²) >= 11 is 11.7. The van der Waals surface area contributed by atoms with Crippen molar-refractivity contribution in [3.8, 4) is 0 Å². The first-order valence-corrected chi connectivity index (χ1v) is 7.65. The summed E-state index contributed by atoms with van der Waals surface area (Å²) in [6.07, 6.45) is 0. The van der Waals surface area contributed by atoms with E-state index in [1.807, 2.05) is 0 Å². The number of anilines is 1. The summed E-state index contributed by atoms with van der Waals surface area (Å²) < 4.78 is 5.24. The Bertz CT molecular complexity index is 528. The molecule has 1 saturated heterocycles. The Labute approximate surface area is 138 Å². The number of nitrogens with one attached hydrogen (secondary N) is 2. The van der Waals surface area contributed by atoms with Gasteiger partial charge in [-0.25, -0.2) is 0 Å². The number of amides is 2. The second kappa shape index (κ2) is 8.33. The Morgan fingerprint density at radius 1 is 1.09 bits per heavy atom. The van der Waals surface area contributed by atoms with E-state index in [0.29, 0.717) is 42.0 Å². The van der Waals surface area contributed by atoms with Crippen molar-refractivity contribution < 1.29 is 14.3 Å². The van der Waals surface area contributed by atoms with Crippen molar-refractivity contribution in [2.24, 2.45) is 0 Å². The highest BCUT2D eigenvalue weighted by molar-refractivity contribution is 6.40. The third-order valence-corrected chi connectivity index (χ3v) is 3.58. The van der Waals surface area contributed by atoms with E-state index in [1.54, 1.807) is 6.07 Å². The van der Waals surface area contributed by atoms with Crippen molar-refractivity contribution in [1.29, 1.82) is 0 Å². The molecule has 2 amide bonds. The molecule has 1 aliphatic rings. The van der Waals surface area contributed by atoms with Gasteiger partial charge < -0.3 is 15.4 Å². The molecule has 0 aromatic heterocycles. The van der Waals surface area contributed by atoms with Crippen LogP contribution in [0.3, 0.4) is 0 Å². The van der Waals surface area contributed by atoms with Crippen LogP contribution >= 0.6 is 23.2 Å². The quantitative estimate of drug-likeness (QED) is 0.809. The van der Waals surface area contributed by atoms with Gasteiger partial charge in [0.15, 0.2) is 0 Å². The standard InChI is InChI=1S/C14H17Cl2N3O3/c15-10-7-11(16)9-12(8-10)18-14(21)13(20)17-1-2-19-3-5-22-6-4-19/h7-9H,1-6H2,(H,17,20)(H,18,21). The number of benzene rings is 1. The molecule has 22 heavy (non-hydrogen) atoms. The van der Waals surface area contributed by atoms with Crippen LogP contribution in [-0.2, 0) is 14.3 Å². The van der Waals surface area contributed by atoms with Crippen molar-refractivity contribution in [2.75, 3.05) is 44.7 Å². The average Bonchev–Trinajstić information content (AvgIpc) is 2.47. The fourth-order valence-electron chi connectivity index (χ4n) is 2.05. The van der Waals surface area contributed by atoms with Crippen LogP contribution in [-0.4, -0.2) is 56.1 Å². The monoisotopic (exact) mass is 345 g/mol. The van der Waals surface area contributed by atoms with Gasteiger partial charge in [0.05, 0.1) is 13.2 Å². The molecule has 0 unspecified atom stereocenters. The number of hydrogen-bond acceptors (Lipinski definition) is 4. The smallest absolute Gasteiger partial charge is 0.313 e. The maximum absolute atomic E-state index is 11.8. The van der Waals surface area contributed by atoms with Crippen LogP contribution in [0.15, 0.2) is 18.2 Å². The average molecular weight is 346 g/mol. The Kier molecular flexibility index (Phi) is 6.45. The van der Waals surface area contributed by atoms with Gasteiger partial charge in [-0.15, -0.1) is 0 Å². The van der Waals surface area contributed by atoms with Crippen molar-refractivity contribution in [1.82, 2.24) is 10.2 Å². The van der Waals surface area contributed by atoms with Crippen LogP contribution in [0.1, 0.15) is 0 Å². The summed E-state index contributed by atoms with van der Waals surface area (Å²) in [6.45, 7) is 4.16. The SMILES string of the molecule is O=C(NCCN1CCOCC1)C(=O)Nc1cc(Cl)cc(Cl)c1. The lowest BCUT2D eigenvalue weighted by molar-refractivity contribution is -0.136. The summed E-state index contributed by atoms with van der Waals surface area (Å²) in [7, 11) is 0. The summed E-state index contributed by atoms with van der Waals surface area (Å²) in [5.74, 6) is -1.44. The zero-order chi connectivity index (χ0) is 15.9. The molecule has 2 rings (SSSR count). The van der Waals surface area contributed by atoms with Gasteiger partial charge in [0.1, 0.15) is 0 Å². The third kappa shape index (κ3) is 5.46. The van der Waals surface area contributed by atoms with Gasteiger partial charge in [0.25, 0.3) is 0 Å². The Morgan fingerprint density at radius 3 is 2.36 bits per heavy atom. The number of carbonyl (C=O) groups is 2. The highest BCUT2D eigenvalue weighted by Gasteiger charge is 2.15. The lowest BCUT2D eigenvalue weighted by atomic mass is 10.3. The van der Waals surface area contributed by atoms with E-state index >= 15 is 0 Å². The fourth-order valence-corrected chi connectivity index (χ4v) is 2.57. The highest BCUT2D eigenvalue weighted by Crippen LogP contribution is 2.22. The van der Waals surface area contributed by atoms with Gasteiger partial charge in [-0.2, -0.15) is 0 Å². The summed E-state index contributed by atoms with van der Waals surface area (Å²) in [5, 5.41) is 5.81. The predicted molar refractivity (Wildman–Crippen MR) is 85.4 cm³/mol. The minimum absolute atomic E-state index is 0.380. The molecule has 0 spiro atoms. The molecule has 2 N–H and O–H groups in total. The highest BCUT2D eigenvalue weighted by atomic mass is 35.5. The number of rotatable bonds is 4. The molecule has 0 radical (unpaired) electrons. The minimum atomic E-state index is -0.750. The molecular formula is C14H17Cl2N3O3. The normalized spacial score (nSPS) is 15.4. The van der Waals surface area contributed by atoms with Crippen molar-refractivity contribution in [3.05, 3.63) is 28.2 Å². The lowest BCUT2D eigenvalue weighted by Gasteiger charge is -2.26. The van der Waals surface area contributed by atoms with E-state index in [0.717, 1.165) is 13.1 Å². The topological polar surface area (TPSA) is 70.7 Å². The van der Waals surface area contributed by atoms with Crippen LogP contribution in [0.25, 0.3) is 0 Å². The number of halogens is 2. The van der Waals surface area contributed by atoms with Crippen molar-refractivity contribution in [2.45, 2.75) is 0 Å². The maximum Gasteiger partial charge on any atom is 0.313 e.